The van der Waals surface area contributed by atoms with Crippen molar-refractivity contribution in [3.63, 3.8) is 0 Å². The molecule has 2 aromatic carbocycles. The van der Waals surface area contributed by atoms with Crippen LogP contribution >= 0.6 is 0 Å². The molecule has 0 radical (unpaired) electrons. The van der Waals surface area contributed by atoms with Gasteiger partial charge < -0.3 is 41.0 Å². The van der Waals surface area contributed by atoms with Crippen molar-refractivity contribution in [1.82, 2.24) is 20.6 Å². The smallest absolute Gasteiger partial charge is 0.251 e. The highest BCUT2D eigenvalue weighted by molar-refractivity contribution is 5.97. The fourth-order valence-corrected chi connectivity index (χ4v) is 9.61. The molecule has 0 bridgehead atoms. The molecule has 2 heterocycles. The summed E-state index contributed by atoms with van der Waals surface area (Å²) in [6, 6.07) is 10.7. The number of nitrogens with zero attached hydrogens (tertiary/aromatic N) is 3. The van der Waals surface area contributed by atoms with Crippen LogP contribution in [0.15, 0.2) is 36.4 Å². The zero-order valence-electron chi connectivity index (χ0n) is 37.4. The molecule has 3 aliphatic rings. The SMILES string of the molecule is COc1c(CN2O[C@@H](CN)[C@@H]([C@H](C)O)[C@H]2C(=O)N[C@H]2C[C@@H](C)C(C)(C)[C@@H](C)[C@@H]2C)cccc1-c1cc(C(=O)N[C@@H](CC(C)C)CN2CCOCC2)cc(N(C)CCO)c1. The molecule has 9 atom stereocenters. The molecule has 3 fully saturated rings. The Morgan fingerprint density at radius 1 is 1.10 bits per heavy atom. The average molecular weight is 823 g/mol. The lowest BCUT2D eigenvalue weighted by atomic mass is 9.58. The maximum absolute atomic E-state index is 14.5. The van der Waals surface area contributed by atoms with Crippen LogP contribution in [0.1, 0.15) is 84.2 Å². The van der Waals surface area contributed by atoms with Gasteiger partial charge in [-0.25, -0.2) is 0 Å². The molecule has 2 aliphatic heterocycles. The second-order valence-electron chi connectivity index (χ2n) is 18.6. The number of likely N-dealkylation sites (N-methyl/N-ethyl adjacent to an activating group) is 1. The van der Waals surface area contributed by atoms with Crippen LogP contribution in [0.4, 0.5) is 5.69 Å². The van der Waals surface area contributed by atoms with Crippen LogP contribution in [0.2, 0.25) is 0 Å². The number of ether oxygens (including phenoxy) is 2. The van der Waals surface area contributed by atoms with Crippen LogP contribution in [0.25, 0.3) is 11.1 Å². The second kappa shape index (κ2) is 20.5. The molecule has 6 N–H and O–H groups in total. The minimum absolute atomic E-state index is 0.0190. The standard InChI is InChI=1S/C46H74N6O7/c1-28(2)20-36(27-51-15-18-58-19-16-51)48-44(55)35-22-34(23-37(24-35)50(9)14-17-53)38-13-11-12-33(43(38)57-10)26-52-42(41(32(6)54)40(25-47)59-52)45(56)49-39-21-29(3)46(7,8)31(5)30(39)4/h11-13,22-24,28-32,36,39-42,53-54H,14-21,25-27,47H2,1-10H3,(H,48,55)(H,49,56)/t29-,30+,31+,32+,36+,39+,40+,41-,42+/m1/s1. The highest BCUT2D eigenvalue weighted by Gasteiger charge is 2.51. The lowest BCUT2D eigenvalue weighted by Crippen LogP contribution is -2.56. The molecule has 13 nitrogen and oxygen atoms in total. The van der Waals surface area contributed by atoms with Gasteiger partial charge in [-0.1, -0.05) is 66.7 Å². The van der Waals surface area contributed by atoms with Crippen molar-refractivity contribution in [2.24, 2.45) is 40.7 Å². The number of nitrogens with one attached hydrogen (secondary N) is 2. The number of benzene rings is 2. The number of carbonyl (C=O) groups excluding carboxylic acids is 2. The molecular weight excluding hydrogens is 749 g/mol. The number of para-hydroxylation sites is 1. The van der Waals surface area contributed by atoms with Crippen LogP contribution in [0.3, 0.4) is 0 Å². The van der Waals surface area contributed by atoms with E-state index in [0.717, 1.165) is 54.9 Å². The maximum Gasteiger partial charge on any atom is 0.251 e. The van der Waals surface area contributed by atoms with Crippen molar-refractivity contribution in [3.05, 3.63) is 47.5 Å². The van der Waals surface area contributed by atoms with Gasteiger partial charge in [-0.2, -0.15) is 5.06 Å². The molecule has 59 heavy (non-hydrogen) atoms. The number of morpholine rings is 1. The van der Waals surface area contributed by atoms with E-state index in [2.05, 4.69) is 64.0 Å². The maximum atomic E-state index is 14.5. The Bertz CT molecular complexity index is 1700. The van der Waals surface area contributed by atoms with E-state index in [4.69, 9.17) is 20.0 Å². The van der Waals surface area contributed by atoms with Crippen LogP contribution in [-0.4, -0.2) is 129 Å². The van der Waals surface area contributed by atoms with Crippen LogP contribution in [0.5, 0.6) is 5.75 Å². The number of aliphatic hydroxyl groups excluding tert-OH is 2. The second-order valence-corrected chi connectivity index (χ2v) is 18.6. The van der Waals surface area contributed by atoms with Gasteiger partial charge in [0, 0.05) is 80.2 Å². The summed E-state index contributed by atoms with van der Waals surface area (Å²) in [5.41, 5.74) is 9.94. The van der Waals surface area contributed by atoms with Gasteiger partial charge >= 0.3 is 0 Å². The van der Waals surface area contributed by atoms with Gasteiger partial charge in [-0.05, 0) is 72.6 Å². The molecule has 0 spiro atoms. The molecule has 2 saturated heterocycles. The highest BCUT2D eigenvalue weighted by Crippen LogP contribution is 2.48. The van der Waals surface area contributed by atoms with Gasteiger partial charge in [-0.3, -0.25) is 19.3 Å². The number of carbonyl (C=O) groups is 2. The first-order valence-electron chi connectivity index (χ1n) is 21.9. The number of hydroxylamine groups is 2. The third-order valence-corrected chi connectivity index (χ3v) is 13.9. The first kappa shape index (κ1) is 46.8. The van der Waals surface area contributed by atoms with E-state index in [9.17, 15) is 19.8 Å². The first-order chi connectivity index (χ1) is 28.0. The molecule has 330 valence electrons. The Kier molecular flexibility index (Phi) is 16.3. The average Bonchev–Trinajstić information content (AvgIpc) is 3.58. The largest absolute Gasteiger partial charge is 0.496 e. The third-order valence-electron chi connectivity index (χ3n) is 13.9. The Morgan fingerprint density at radius 2 is 1.81 bits per heavy atom. The number of methoxy groups -OCH3 is 1. The molecule has 0 aromatic heterocycles. The summed E-state index contributed by atoms with van der Waals surface area (Å²) < 4.78 is 11.7. The summed E-state index contributed by atoms with van der Waals surface area (Å²) in [5, 5.41) is 29.4. The van der Waals surface area contributed by atoms with Crippen molar-refractivity contribution in [3.8, 4) is 16.9 Å². The van der Waals surface area contributed by atoms with Crippen molar-refractivity contribution < 1.29 is 34.1 Å². The summed E-state index contributed by atoms with van der Waals surface area (Å²) in [6.07, 6.45) is 0.287. The molecule has 0 unspecified atom stereocenters. The van der Waals surface area contributed by atoms with Gasteiger partial charge in [0.1, 0.15) is 11.8 Å². The minimum Gasteiger partial charge on any atom is -0.496 e. The van der Waals surface area contributed by atoms with Gasteiger partial charge in [0.05, 0.1) is 45.7 Å². The van der Waals surface area contributed by atoms with E-state index in [0.29, 0.717) is 48.8 Å². The number of hydrogen-bond donors (Lipinski definition) is 5. The van der Waals surface area contributed by atoms with Gasteiger partial charge in [0.15, 0.2) is 0 Å². The molecule has 2 amide bonds. The number of anilines is 1. The van der Waals surface area contributed by atoms with Gasteiger partial charge in [0.2, 0.25) is 5.91 Å². The quantitative estimate of drug-likeness (QED) is 0.153. The van der Waals surface area contributed by atoms with Gasteiger partial charge in [-0.15, -0.1) is 0 Å². The van der Waals surface area contributed by atoms with Crippen molar-refractivity contribution in [2.75, 3.05) is 71.6 Å². The molecule has 1 aliphatic carbocycles. The van der Waals surface area contributed by atoms with Crippen LogP contribution in [0, 0.1) is 35.0 Å². The van der Waals surface area contributed by atoms with Crippen LogP contribution < -0.4 is 26.0 Å². The minimum atomic E-state index is -0.852. The monoisotopic (exact) mass is 823 g/mol. The molecular formula is C46H74N6O7. The Hall–Kier alpha value is -3.30. The summed E-state index contributed by atoms with van der Waals surface area (Å²) in [4.78, 5) is 39.4. The van der Waals surface area contributed by atoms with E-state index in [-0.39, 0.29) is 54.9 Å². The number of rotatable bonds is 17. The fourth-order valence-electron chi connectivity index (χ4n) is 9.61. The number of hydrogen-bond acceptors (Lipinski definition) is 11. The highest BCUT2D eigenvalue weighted by atomic mass is 16.7. The fraction of sp³-hybridized carbons (Fsp3) is 0.696. The Balaban J connectivity index is 1.47. The lowest BCUT2D eigenvalue weighted by molar-refractivity contribution is -0.174. The predicted molar refractivity (Wildman–Crippen MR) is 233 cm³/mol. The zero-order chi connectivity index (χ0) is 43.2. The topological polar surface area (TPSA) is 162 Å². The van der Waals surface area contributed by atoms with Crippen molar-refractivity contribution in [1.29, 1.82) is 0 Å². The van der Waals surface area contributed by atoms with E-state index in [1.807, 2.05) is 48.3 Å². The summed E-state index contributed by atoms with van der Waals surface area (Å²) >= 11 is 0. The van der Waals surface area contributed by atoms with E-state index >= 15 is 0 Å². The molecule has 5 rings (SSSR count). The van der Waals surface area contributed by atoms with E-state index < -0.39 is 24.2 Å². The number of aliphatic hydroxyl groups is 2. The number of nitrogens with two attached hydrogens (primary N) is 1. The predicted octanol–water partition coefficient (Wildman–Crippen LogP) is 4.53. The van der Waals surface area contributed by atoms with Gasteiger partial charge in [0.25, 0.3) is 5.91 Å². The first-order valence-corrected chi connectivity index (χ1v) is 21.9. The van der Waals surface area contributed by atoms with Crippen molar-refractivity contribution >= 4 is 17.5 Å². The Labute approximate surface area is 353 Å². The summed E-state index contributed by atoms with van der Waals surface area (Å²) in [6.45, 7) is 21.9. The van der Waals surface area contributed by atoms with E-state index in [1.165, 1.54) is 0 Å². The number of amides is 2. The normalized spacial score (nSPS) is 27.3. The molecule has 2 aromatic rings. The third kappa shape index (κ3) is 11.0. The lowest BCUT2D eigenvalue weighted by Gasteiger charge is -2.50. The summed E-state index contributed by atoms with van der Waals surface area (Å²) in [7, 11) is 3.51. The molecule has 1 saturated carbocycles. The van der Waals surface area contributed by atoms with Crippen molar-refractivity contribution in [2.45, 2.75) is 105 Å². The van der Waals surface area contributed by atoms with Crippen LogP contribution in [-0.2, 0) is 20.9 Å². The van der Waals surface area contributed by atoms with E-state index in [1.54, 1.807) is 19.1 Å². The Morgan fingerprint density at radius 3 is 2.44 bits per heavy atom. The molecule has 13 heteroatoms. The summed E-state index contributed by atoms with van der Waals surface area (Å²) in [5.74, 6) is 1.13. The zero-order valence-corrected chi connectivity index (χ0v) is 37.4.